The minimum absolute atomic E-state index is 0.402. The zero-order valence-electron chi connectivity index (χ0n) is 12.4. The molecule has 1 aromatic rings. The highest BCUT2D eigenvalue weighted by Gasteiger charge is 2.27. The molecule has 1 heterocycles. The smallest absolute Gasteiger partial charge is 0.158 e. The van der Waals surface area contributed by atoms with Crippen LogP contribution in [0, 0.1) is 0 Å². The number of ether oxygens (including phenoxy) is 1. The van der Waals surface area contributed by atoms with E-state index >= 15 is 0 Å². The Kier molecular flexibility index (Phi) is 5.55. The number of nitrogens with zero attached hydrogens (tertiary/aromatic N) is 3. The van der Waals surface area contributed by atoms with Gasteiger partial charge in [-0.15, -0.1) is 0 Å². The fourth-order valence-electron chi connectivity index (χ4n) is 2.23. The first-order valence-electron chi connectivity index (χ1n) is 7.42. The number of nitrogen functional groups attached to an aromatic ring is 1. The van der Waals surface area contributed by atoms with Gasteiger partial charge in [0.15, 0.2) is 5.82 Å². The van der Waals surface area contributed by atoms with Gasteiger partial charge in [0, 0.05) is 31.8 Å². The molecule has 0 atom stereocenters. The Bertz CT molecular complexity index is 422. The van der Waals surface area contributed by atoms with Crippen molar-refractivity contribution in [3.63, 3.8) is 0 Å². The number of rotatable bonds is 9. The summed E-state index contributed by atoms with van der Waals surface area (Å²) in [6.45, 7) is 8.21. The summed E-state index contributed by atoms with van der Waals surface area (Å²) in [5.41, 5.74) is 5.79. The third kappa shape index (κ3) is 4.61. The van der Waals surface area contributed by atoms with Gasteiger partial charge in [-0.25, -0.2) is 9.97 Å². The van der Waals surface area contributed by atoms with Gasteiger partial charge in [0.1, 0.15) is 18.2 Å². The van der Waals surface area contributed by atoms with Gasteiger partial charge < -0.3 is 15.8 Å². The van der Waals surface area contributed by atoms with Gasteiger partial charge in [-0.2, -0.15) is 0 Å². The highest BCUT2D eigenvalue weighted by atomic mass is 16.5. The lowest BCUT2D eigenvalue weighted by Crippen LogP contribution is -2.31. The molecule has 0 radical (unpaired) electrons. The summed E-state index contributed by atoms with van der Waals surface area (Å²) in [7, 11) is 0. The molecule has 0 aromatic carbocycles. The van der Waals surface area contributed by atoms with Crippen LogP contribution in [-0.2, 0) is 11.3 Å². The molecule has 0 unspecified atom stereocenters. The number of likely N-dealkylation sites (N-methyl/N-ethyl adjacent to an activating group) is 1. The minimum atomic E-state index is 0.402. The topological polar surface area (TPSA) is 76.3 Å². The molecule has 0 spiro atoms. The molecule has 0 saturated heterocycles. The van der Waals surface area contributed by atoms with E-state index < -0.39 is 0 Å². The van der Waals surface area contributed by atoms with Gasteiger partial charge in [0.05, 0.1) is 0 Å². The summed E-state index contributed by atoms with van der Waals surface area (Å²) in [6.07, 6.45) is 2.68. The first kappa shape index (κ1) is 15.0. The number of hydrogen-bond acceptors (Lipinski definition) is 6. The molecule has 6 nitrogen and oxygen atoms in total. The largest absolute Gasteiger partial charge is 0.384 e. The molecule has 0 amide bonds. The molecular weight excluding hydrogens is 254 g/mol. The van der Waals surface area contributed by atoms with Crippen LogP contribution < -0.4 is 11.1 Å². The van der Waals surface area contributed by atoms with Gasteiger partial charge in [-0.1, -0.05) is 6.92 Å². The number of anilines is 2. The Morgan fingerprint density at radius 1 is 1.40 bits per heavy atom. The molecule has 20 heavy (non-hydrogen) atoms. The van der Waals surface area contributed by atoms with Crippen molar-refractivity contribution in [1.29, 1.82) is 0 Å². The number of nitrogens with one attached hydrogen (secondary N) is 1. The summed E-state index contributed by atoms with van der Waals surface area (Å²) in [4.78, 5) is 11.1. The maximum Gasteiger partial charge on any atom is 0.158 e. The van der Waals surface area contributed by atoms with Crippen LogP contribution in [-0.4, -0.2) is 47.2 Å². The van der Waals surface area contributed by atoms with Crippen molar-refractivity contribution in [1.82, 2.24) is 14.9 Å². The molecule has 0 bridgehead atoms. The van der Waals surface area contributed by atoms with E-state index in [4.69, 9.17) is 10.5 Å². The third-order valence-electron chi connectivity index (χ3n) is 3.40. The summed E-state index contributed by atoms with van der Waals surface area (Å²) >= 11 is 0. The van der Waals surface area contributed by atoms with E-state index in [1.54, 1.807) is 6.07 Å². The van der Waals surface area contributed by atoms with Crippen molar-refractivity contribution < 1.29 is 4.74 Å². The van der Waals surface area contributed by atoms with E-state index in [1.807, 2.05) is 6.92 Å². The lowest BCUT2D eigenvalue weighted by molar-refractivity contribution is 0.128. The Morgan fingerprint density at radius 3 is 2.85 bits per heavy atom. The van der Waals surface area contributed by atoms with E-state index in [9.17, 15) is 0 Å². The van der Waals surface area contributed by atoms with Gasteiger partial charge >= 0.3 is 0 Å². The second-order valence-corrected chi connectivity index (χ2v) is 5.02. The van der Waals surface area contributed by atoms with Crippen LogP contribution in [0.25, 0.3) is 0 Å². The van der Waals surface area contributed by atoms with Crippen LogP contribution in [0.5, 0.6) is 0 Å². The van der Waals surface area contributed by atoms with Crippen molar-refractivity contribution in [2.24, 2.45) is 0 Å². The fraction of sp³-hybridized carbons (Fsp3) is 0.714. The highest BCUT2D eigenvalue weighted by Crippen LogP contribution is 2.25. The van der Waals surface area contributed by atoms with Crippen molar-refractivity contribution in [3.05, 3.63) is 11.9 Å². The first-order valence-corrected chi connectivity index (χ1v) is 7.42. The quantitative estimate of drug-likeness (QED) is 0.713. The Balaban J connectivity index is 1.83. The van der Waals surface area contributed by atoms with E-state index in [0.717, 1.165) is 31.5 Å². The number of hydrogen-bond donors (Lipinski definition) is 2. The number of nitrogens with two attached hydrogens (primary N) is 1. The third-order valence-corrected chi connectivity index (χ3v) is 3.40. The first-order chi connectivity index (χ1) is 9.72. The van der Waals surface area contributed by atoms with Gasteiger partial charge in [-0.05, 0) is 26.3 Å². The SMILES string of the molecule is CCOCc1nc(N)cc(NCCN(CC)C2CC2)n1. The van der Waals surface area contributed by atoms with Crippen LogP contribution in [0.4, 0.5) is 11.6 Å². The lowest BCUT2D eigenvalue weighted by atomic mass is 10.4. The zero-order chi connectivity index (χ0) is 14.4. The molecular formula is C14H25N5O. The Labute approximate surface area is 120 Å². The average Bonchev–Trinajstić information content (AvgIpc) is 3.25. The van der Waals surface area contributed by atoms with Crippen LogP contribution in [0.2, 0.25) is 0 Å². The molecule has 0 aliphatic heterocycles. The van der Waals surface area contributed by atoms with Gasteiger partial charge in [0.25, 0.3) is 0 Å². The Morgan fingerprint density at radius 2 is 2.20 bits per heavy atom. The van der Waals surface area contributed by atoms with E-state index in [2.05, 4.69) is 27.1 Å². The zero-order valence-corrected chi connectivity index (χ0v) is 12.4. The van der Waals surface area contributed by atoms with E-state index in [-0.39, 0.29) is 0 Å². The molecule has 3 N–H and O–H groups in total. The average molecular weight is 279 g/mol. The Hall–Kier alpha value is -1.40. The predicted molar refractivity (Wildman–Crippen MR) is 80.5 cm³/mol. The normalized spacial score (nSPS) is 14.8. The number of aromatic nitrogens is 2. The van der Waals surface area contributed by atoms with Gasteiger partial charge in [-0.3, -0.25) is 4.90 Å². The van der Waals surface area contributed by atoms with E-state index in [1.165, 1.54) is 12.8 Å². The summed E-state index contributed by atoms with van der Waals surface area (Å²) < 4.78 is 5.31. The second kappa shape index (κ2) is 7.40. The van der Waals surface area contributed by atoms with E-state index in [0.29, 0.717) is 24.9 Å². The van der Waals surface area contributed by atoms with Crippen LogP contribution in [0.1, 0.15) is 32.5 Å². The second-order valence-electron chi connectivity index (χ2n) is 5.02. The molecule has 1 aliphatic rings. The van der Waals surface area contributed by atoms with Crippen molar-refractivity contribution in [2.75, 3.05) is 37.3 Å². The molecule has 1 aliphatic carbocycles. The van der Waals surface area contributed by atoms with Crippen molar-refractivity contribution >= 4 is 11.6 Å². The van der Waals surface area contributed by atoms with Crippen molar-refractivity contribution in [2.45, 2.75) is 39.3 Å². The lowest BCUT2D eigenvalue weighted by Gasteiger charge is -2.20. The molecule has 112 valence electrons. The highest BCUT2D eigenvalue weighted by molar-refractivity contribution is 5.44. The fourth-order valence-corrected chi connectivity index (χ4v) is 2.23. The molecule has 1 fully saturated rings. The van der Waals surface area contributed by atoms with Crippen LogP contribution in [0.3, 0.4) is 0 Å². The van der Waals surface area contributed by atoms with Crippen LogP contribution in [0.15, 0.2) is 6.07 Å². The predicted octanol–water partition coefficient (Wildman–Crippen LogP) is 1.49. The van der Waals surface area contributed by atoms with Gasteiger partial charge in [0.2, 0.25) is 0 Å². The van der Waals surface area contributed by atoms with Crippen LogP contribution >= 0.6 is 0 Å². The standard InChI is InChI=1S/C14H25N5O/c1-3-19(11-5-6-11)8-7-16-13-9-12(15)17-14(18-13)10-20-4-2/h9,11H,3-8,10H2,1-2H3,(H3,15,16,17,18). The summed E-state index contributed by atoms with van der Waals surface area (Å²) in [6, 6.07) is 2.56. The summed E-state index contributed by atoms with van der Waals surface area (Å²) in [5.74, 6) is 1.88. The van der Waals surface area contributed by atoms with Crippen molar-refractivity contribution in [3.8, 4) is 0 Å². The minimum Gasteiger partial charge on any atom is -0.384 e. The summed E-state index contributed by atoms with van der Waals surface area (Å²) in [5, 5.41) is 3.32. The maximum atomic E-state index is 5.79. The monoisotopic (exact) mass is 279 g/mol. The molecule has 6 heteroatoms. The maximum absolute atomic E-state index is 5.79. The molecule has 1 aromatic heterocycles. The molecule has 2 rings (SSSR count). The molecule has 1 saturated carbocycles.